The van der Waals surface area contributed by atoms with E-state index in [1.54, 1.807) is 6.92 Å². The second-order valence-corrected chi connectivity index (χ2v) is 6.77. The Labute approximate surface area is 97.2 Å². The number of rotatable bonds is 4. The standard InChI is InChI=1S/C9H11NO4S2/c1-5-4-7(15-8(5)9(11)12)16(13,14)10-6-2-3-6/h4,6,10H,2-3H2,1H3,(H,11,12). The molecule has 0 bridgehead atoms. The predicted molar refractivity (Wildman–Crippen MR) is 59.4 cm³/mol. The lowest BCUT2D eigenvalue weighted by atomic mass is 10.3. The Morgan fingerprint density at radius 3 is 2.62 bits per heavy atom. The van der Waals surface area contributed by atoms with E-state index in [0.717, 1.165) is 24.2 Å². The highest BCUT2D eigenvalue weighted by molar-refractivity contribution is 7.91. The Morgan fingerprint density at radius 1 is 1.56 bits per heavy atom. The number of carbonyl (C=O) groups is 1. The van der Waals surface area contributed by atoms with E-state index in [2.05, 4.69) is 4.72 Å². The minimum absolute atomic E-state index is 0.0284. The van der Waals surface area contributed by atoms with Crippen LogP contribution in [0.15, 0.2) is 10.3 Å². The summed E-state index contributed by atoms with van der Waals surface area (Å²) in [6.07, 6.45) is 1.71. The molecular weight excluding hydrogens is 250 g/mol. The molecule has 1 aliphatic rings. The summed E-state index contributed by atoms with van der Waals surface area (Å²) >= 11 is 0.794. The number of sulfonamides is 1. The molecular formula is C9H11NO4S2. The van der Waals surface area contributed by atoms with Gasteiger partial charge in [0.25, 0.3) is 0 Å². The topological polar surface area (TPSA) is 83.5 Å². The zero-order valence-electron chi connectivity index (χ0n) is 8.56. The van der Waals surface area contributed by atoms with E-state index in [1.807, 2.05) is 0 Å². The van der Waals surface area contributed by atoms with Crippen molar-refractivity contribution in [2.45, 2.75) is 30.0 Å². The van der Waals surface area contributed by atoms with Crippen molar-refractivity contribution in [3.63, 3.8) is 0 Å². The molecule has 0 saturated heterocycles. The summed E-state index contributed by atoms with van der Waals surface area (Å²) < 4.78 is 26.1. The Kier molecular flexibility index (Phi) is 2.77. The van der Waals surface area contributed by atoms with Crippen molar-refractivity contribution in [2.24, 2.45) is 0 Å². The number of hydrogen-bond acceptors (Lipinski definition) is 4. The van der Waals surface area contributed by atoms with Gasteiger partial charge in [-0.2, -0.15) is 0 Å². The third-order valence-electron chi connectivity index (χ3n) is 2.25. The fraction of sp³-hybridized carbons (Fsp3) is 0.444. The molecule has 1 aliphatic carbocycles. The lowest BCUT2D eigenvalue weighted by Gasteiger charge is -2.00. The van der Waals surface area contributed by atoms with Crippen LogP contribution in [0.5, 0.6) is 0 Å². The zero-order chi connectivity index (χ0) is 11.9. The highest BCUT2D eigenvalue weighted by Crippen LogP contribution is 2.28. The van der Waals surface area contributed by atoms with Gasteiger partial charge < -0.3 is 5.11 Å². The summed E-state index contributed by atoms with van der Waals surface area (Å²) in [5.74, 6) is -1.09. The lowest BCUT2D eigenvalue weighted by molar-refractivity contribution is 0.0701. The molecule has 0 aromatic carbocycles. The Bertz CT molecular complexity index is 528. The largest absolute Gasteiger partial charge is 0.477 e. The molecule has 0 amide bonds. The number of carboxylic acid groups (broad SMARTS) is 1. The fourth-order valence-corrected chi connectivity index (χ4v) is 3.98. The van der Waals surface area contributed by atoms with Gasteiger partial charge in [0.05, 0.1) is 0 Å². The Morgan fingerprint density at radius 2 is 2.19 bits per heavy atom. The fourth-order valence-electron chi connectivity index (χ4n) is 1.28. The van der Waals surface area contributed by atoms with Crippen molar-refractivity contribution in [1.29, 1.82) is 0 Å². The minimum Gasteiger partial charge on any atom is -0.477 e. The second-order valence-electron chi connectivity index (χ2n) is 3.78. The van der Waals surface area contributed by atoms with Gasteiger partial charge in [0, 0.05) is 6.04 Å². The molecule has 2 N–H and O–H groups in total. The number of nitrogens with one attached hydrogen (secondary N) is 1. The van der Waals surface area contributed by atoms with Crippen molar-refractivity contribution in [3.8, 4) is 0 Å². The molecule has 88 valence electrons. The van der Waals surface area contributed by atoms with Crippen molar-refractivity contribution >= 4 is 27.3 Å². The lowest BCUT2D eigenvalue weighted by Crippen LogP contribution is -2.24. The maximum Gasteiger partial charge on any atom is 0.346 e. The van der Waals surface area contributed by atoms with Crippen molar-refractivity contribution in [2.75, 3.05) is 0 Å². The van der Waals surface area contributed by atoms with E-state index in [1.165, 1.54) is 6.07 Å². The van der Waals surface area contributed by atoms with Crippen LogP contribution in [0.3, 0.4) is 0 Å². The van der Waals surface area contributed by atoms with E-state index in [9.17, 15) is 13.2 Å². The molecule has 1 saturated carbocycles. The van der Waals surface area contributed by atoms with Gasteiger partial charge in [-0.3, -0.25) is 0 Å². The molecule has 7 heteroatoms. The molecule has 0 unspecified atom stereocenters. The normalized spacial score (nSPS) is 16.3. The van der Waals surface area contributed by atoms with Gasteiger partial charge in [0.15, 0.2) is 0 Å². The first kappa shape index (κ1) is 11.6. The molecule has 0 spiro atoms. The summed E-state index contributed by atoms with van der Waals surface area (Å²) in [5, 5.41) is 8.83. The second kappa shape index (κ2) is 3.83. The molecule has 1 heterocycles. The zero-order valence-corrected chi connectivity index (χ0v) is 10.2. The van der Waals surface area contributed by atoms with Gasteiger partial charge in [-0.05, 0) is 31.4 Å². The summed E-state index contributed by atoms with van der Waals surface area (Å²) in [4.78, 5) is 10.9. The van der Waals surface area contributed by atoms with Crippen LogP contribution in [0.2, 0.25) is 0 Å². The average molecular weight is 261 g/mol. The Hall–Kier alpha value is -0.920. The molecule has 0 atom stereocenters. The summed E-state index contributed by atoms with van der Waals surface area (Å²) in [6, 6.07) is 1.43. The molecule has 5 nitrogen and oxygen atoms in total. The Balaban J connectivity index is 2.32. The van der Waals surface area contributed by atoms with E-state index in [4.69, 9.17) is 5.11 Å². The van der Waals surface area contributed by atoms with Gasteiger partial charge in [-0.25, -0.2) is 17.9 Å². The van der Waals surface area contributed by atoms with Crippen LogP contribution in [-0.2, 0) is 10.0 Å². The summed E-state index contributed by atoms with van der Waals surface area (Å²) in [5.41, 5.74) is 0.480. The molecule has 1 aromatic rings. The van der Waals surface area contributed by atoms with Gasteiger partial charge in [0.1, 0.15) is 9.09 Å². The van der Waals surface area contributed by atoms with Crippen molar-refractivity contribution in [1.82, 2.24) is 4.72 Å². The van der Waals surface area contributed by atoms with Crippen molar-refractivity contribution < 1.29 is 18.3 Å². The predicted octanol–water partition coefficient (Wildman–Crippen LogP) is 1.20. The molecule has 1 aromatic heterocycles. The first-order valence-electron chi connectivity index (χ1n) is 4.76. The molecule has 0 aliphatic heterocycles. The number of aromatic carboxylic acids is 1. The third kappa shape index (κ3) is 2.26. The highest BCUT2D eigenvalue weighted by atomic mass is 32.2. The summed E-state index contributed by atoms with van der Waals surface area (Å²) in [7, 11) is -3.53. The van der Waals surface area contributed by atoms with E-state index in [0.29, 0.717) is 5.56 Å². The first-order valence-corrected chi connectivity index (χ1v) is 7.06. The van der Waals surface area contributed by atoms with Crippen molar-refractivity contribution in [3.05, 3.63) is 16.5 Å². The van der Waals surface area contributed by atoms with Crippen LogP contribution in [-0.4, -0.2) is 25.5 Å². The number of carboxylic acids is 1. The van der Waals surface area contributed by atoms with Crippen LogP contribution < -0.4 is 4.72 Å². The smallest absolute Gasteiger partial charge is 0.346 e. The van der Waals surface area contributed by atoms with Crippen LogP contribution >= 0.6 is 11.3 Å². The highest BCUT2D eigenvalue weighted by Gasteiger charge is 2.29. The molecule has 1 fully saturated rings. The van der Waals surface area contributed by atoms with Crippen LogP contribution in [0.1, 0.15) is 28.1 Å². The van der Waals surface area contributed by atoms with E-state index >= 15 is 0 Å². The maximum absolute atomic E-state index is 11.8. The van der Waals surface area contributed by atoms with Gasteiger partial charge in [-0.1, -0.05) is 0 Å². The van der Waals surface area contributed by atoms with Crippen LogP contribution in [0.4, 0.5) is 0 Å². The van der Waals surface area contributed by atoms with Crippen LogP contribution in [0.25, 0.3) is 0 Å². The van der Waals surface area contributed by atoms with Gasteiger partial charge in [-0.15, -0.1) is 11.3 Å². The van der Waals surface area contributed by atoms with E-state index in [-0.39, 0.29) is 15.1 Å². The SMILES string of the molecule is Cc1cc(S(=O)(=O)NC2CC2)sc1C(=O)O. The first-order chi connectivity index (χ1) is 7.40. The molecule has 0 radical (unpaired) electrons. The van der Waals surface area contributed by atoms with Gasteiger partial charge in [0.2, 0.25) is 10.0 Å². The number of aryl methyl sites for hydroxylation is 1. The van der Waals surface area contributed by atoms with E-state index < -0.39 is 16.0 Å². The third-order valence-corrected chi connectivity index (χ3v) is 5.47. The maximum atomic E-state index is 11.8. The van der Waals surface area contributed by atoms with Crippen LogP contribution in [0, 0.1) is 6.92 Å². The number of hydrogen-bond donors (Lipinski definition) is 2. The molecule has 16 heavy (non-hydrogen) atoms. The molecule has 2 rings (SSSR count). The monoisotopic (exact) mass is 261 g/mol. The summed E-state index contributed by atoms with van der Waals surface area (Å²) in [6.45, 7) is 1.59. The minimum atomic E-state index is -3.53. The quantitative estimate of drug-likeness (QED) is 0.853. The van der Waals surface area contributed by atoms with Gasteiger partial charge >= 0.3 is 5.97 Å². The average Bonchev–Trinajstić information content (AvgIpc) is 2.84. The number of thiophene rings is 1.